The average molecular weight is 940 g/mol. The fourth-order valence-corrected chi connectivity index (χ4v) is 10.2. The zero-order valence-corrected chi connectivity index (χ0v) is 40.2. The topological polar surface area (TPSA) is 188 Å². The lowest BCUT2D eigenvalue weighted by atomic mass is 9.90. The summed E-state index contributed by atoms with van der Waals surface area (Å²) in [5.74, 6) is 6.89. The number of amides is 5. The van der Waals surface area contributed by atoms with E-state index in [4.69, 9.17) is 9.72 Å². The van der Waals surface area contributed by atoms with Crippen LogP contribution in [0.5, 0.6) is 5.75 Å². The molecular weight excluding hydrogens is 875 g/mol. The van der Waals surface area contributed by atoms with Crippen molar-refractivity contribution in [3.05, 3.63) is 81.3 Å². The van der Waals surface area contributed by atoms with Gasteiger partial charge in [-0.15, -0.1) is 0 Å². The molecule has 3 fully saturated rings. The Morgan fingerprint density at radius 3 is 2.38 bits per heavy atom. The molecule has 1 unspecified atom stereocenters. The molecule has 1 saturated carbocycles. The second-order valence-corrected chi connectivity index (χ2v) is 18.8. The van der Waals surface area contributed by atoms with Crippen molar-refractivity contribution in [2.75, 3.05) is 43.5 Å². The summed E-state index contributed by atoms with van der Waals surface area (Å²) in [6.07, 6.45) is 14.8. The maximum absolute atomic E-state index is 13.4. The van der Waals surface area contributed by atoms with Crippen LogP contribution in [0.25, 0.3) is 11.0 Å². The monoisotopic (exact) mass is 940 g/mol. The van der Waals surface area contributed by atoms with Gasteiger partial charge in [0.05, 0.1) is 12.8 Å². The number of aromatic nitrogens is 3. The van der Waals surface area contributed by atoms with Crippen LogP contribution < -0.4 is 31.1 Å². The fourth-order valence-electron chi connectivity index (χ4n) is 10.2. The first-order valence-electron chi connectivity index (χ1n) is 24.9. The summed E-state index contributed by atoms with van der Waals surface area (Å²) in [5.41, 5.74) is 5.34. The third-order valence-corrected chi connectivity index (χ3v) is 14.1. The van der Waals surface area contributed by atoms with E-state index in [1.165, 1.54) is 0 Å². The molecule has 0 bridgehead atoms. The van der Waals surface area contributed by atoms with E-state index in [1.807, 2.05) is 49.1 Å². The third-order valence-electron chi connectivity index (χ3n) is 14.1. The highest BCUT2D eigenvalue weighted by Gasteiger charge is 2.39. The van der Waals surface area contributed by atoms with Crippen LogP contribution in [0.2, 0.25) is 0 Å². The van der Waals surface area contributed by atoms with Crippen LogP contribution in [0.3, 0.4) is 0 Å². The molecule has 2 aromatic heterocycles. The molecule has 1 aliphatic carbocycles. The first kappa shape index (κ1) is 48.7. The number of imide groups is 1. The van der Waals surface area contributed by atoms with Crippen molar-refractivity contribution in [2.45, 2.75) is 141 Å². The number of piperidine rings is 1. The number of piperazine rings is 1. The Hall–Kier alpha value is -6.76. The van der Waals surface area contributed by atoms with Gasteiger partial charge in [0.2, 0.25) is 29.6 Å². The highest BCUT2D eigenvalue weighted by Crippen LogP contribution is 2.34. The molecule has 1 atom stereocenters. The fraction of sp³-hybridized carbons (Fsp3) is 0.509. The second-order valence-electron chi connectivity index (χ2n) is 18.8. The van der Waals surface area contributed by atoms with Gasteiger partial charge in [0.15, 0.2) is 0 Å². The molecule has 4 aromatic rings. The summed E-state index contributed by atoms with van der Waals surface area (Å²) in [5, 5.41) is 9.60. The van der Waals surface area contributed by atoms with Gasteiger partial charge >= 0.3 is 0 Å². The average Bonchev–Trinajstić information content (AvgIpc) is 3.68. The van der Waals surface area contributed by atoms with E-state index >= 15 is 0 Å². The minimum Gasteiger partial charge on any atom is -0.494 e. The number of methoxy groups -OCH3 is 1. The molecule has 2 saturated heterocycles. The van der Waals surface area contributed by atoms with Crippen molar-refractivity contribution in [3.63, 3.8) is 0 Å². The number of benzene rings is 2. The number of ether oxygens (including phenoxy) is 1. The standard InChI is InChI=1S/C53H65N9O7/c1-4-46(63)55-38-17-19-39(20-18-38)62-49(66)30-35(2)42-33-54-53(58-50(42)62)56-43-23-21-40(32-45(43)69-3)59-26-28-60(29-27-59)48(65)15-13-11-9-7-5-6-8-10-12-14-36-16-22-41-37(31-36)34-61(52(41)68)44-24-25-47(64)57-51(44)67/h16,21-23,30-33,38-39,44H,4-11,13,15,17-20,24-29,34H2,1-3H3,(H,55,63)(H,54,56,58)(H,57,64,67). The quantitative estimate of drug-likeness (QED) is 0.0572. The van der Waals surface area contributed by atoms with Gasteiger partial charge in [-0.2, -0.15) is 4.98 Å². The van der Waals surface area contributed by atoms with E-state index in [9.17, 15) is 28.8 Å². The maximum atomic E-state index is 13.4. The van der Waals surface area contributed by atoms with Crippen LogP contribution in [0, 0.1) is 18.8 Å². The Morgan fingerprint density at radius 2 is 1.64 bits per heavy atom. The molecule has 5 heterocycles. The van der Waals surface area contributed by atoms with E-state index in [2.05, 4.69) is 37.7 Å². The third kappa shape index (κ3) is 11.8. The second kappa shape index (κ2) is 22.6. The van der Waals surface area contributed by atoms with Gasteiger partial charge in [0, 0.05) is 111 Å². The van der Waals surface area contributed by atoms with Gasteiger partial charge in [-0.25, -0.2) is 4.98 Å². The van der Waals surface area contributed by atoms with Gasteiger partial charge in [0.25, 0.3) is 11.5 Å². The van der Waals surface area contributed by atoms with Gasteiger partial charge < -0.3 is 30.1 Å². The van der Waals surface area contributed by atoms with Crippen LogP contribution in [-0.4, -0.2) is 99.2 Å². The molecule has 3 aliphatic heterocycles. The van der Waals surface area contributed by atoms with E-state index in [0.717, 1.165) is 118 Å². The van der Waals surface area contributed by atoms with Gasteiger partial charge in [-0.1, -0.05) is 50.9 Å². The molecular formula is C53H65N9O7. The molecule has 69 heavy (non-hydrogen) atoms. The van der Waals surface area contributed by atoms with Gasteiger partial charge in [-0.05, 0) is 93.3 Å². The van der Waals surface area contributed by atoms with Gasteiger partial charge in [0.1, 0.15) is 17.4 Å². The number of nitrogens with one attached hydrogen (secondary N) is 3. The number of aryl methyl sites for hydroxylation is 1. The van der Waals surface area contributed by atoms with E-state index < -0.39 is 11.9 Å². The number of carbonyl (C=O) groups is 5. The number of carbonyl (C=O) groups excluding carboxylic acids is 5. The predicted molar refractivity (Wildman–Crippen MR) is 264 cm³/mol. The largest absolute Gasteiger partial charge is 0.494 e. The first-order chi connectivity index (χ1) is 33.5. The number of nitrogens with zero attached hydrogens (tertiary/aromatic N) is 6. The van der Waals surface area contributed by atoms with Crippen LogP contribution >= 0.6 is 0 Å². The number of hydrogen-bond donors (Lipinski definition) is 3. The Morgan fingerprint density at radius 1 is 0.884 bits per heavy atom. The Labute approximate surface area is 403 Å². The minimum absolute atomic E-state index is 0.0262. The smallest absolute Gasteiger partial charge is 0.255 e. The lowest BCUT2D eigenvalue weighted by Gasteiger charge is -2.36. The Bertz CT molecular complexity index is 2690. The summed E-state index contributed by atoms with van der Waals surface area (Å²) in [7, 11) is 1.63. The van der Waals surface area contributed by atoms with E-state index in [1.54, 1.807) is 34.9 Å². The molecule has 5 amide bonds. The SMILES string of the molecule is CCC(=O)NC1CCC(n2c(=O)cc(C)c3cnc(Nc4ccc(N5CCN(C(=O)CCCCCCCCCC#Cc6ccc7c(c6)CN(C6CCC(=O)NC6=O)C7=O)CC5)cc4OC)nc32)CC1. The zero-order chi connectivity index (χ0) is 48.4. The zero-order valence-electron chi connectivity index (χ0n) is 40.2. The number of unbranched alkanes of at least 4 members (excludes halogenated alkanes) is 7. The lowest BCUT2D eigenvalue weighted by molar-refractivity contribution is -0.137. The molecule has 16 heteroatoms. The molecule has 16 nitrogen and oxygen atoms in total. The summed E-state index contributed by atoms with van der Waals surface area (Å²) < 4.78 is 7.63. The summed E-state index contributed by atoms with van der Waals surface area (Å²) >= 11 is 0. The molecule has 8 rings (SSSR count). The first-order valence-corrected chi connectivity index (χ1v) is 24.9. The number of hydrogen-bond acceptors (Lipinski definition) is 11. The predicted octanol–water partition coefficient (Wildman–Crippen LogP) is 6.83. The number of pyridine rings is 1. The molecule has 364 valence electrons. The summed E-state index contributed by atoms with van der Waals surface area (Å²) in [6.45, 7) is 6.89. The lowest BCUT2D eigenvalue weighted by Crippen LogP contribution is -2.52. The Balaban J connectivity index is 0.727. The molecule has 0 spiro atoms. The number of rotatable bonds is 17. The molecule has 4 aliphatic rings. The van der Waals surface area contributed by atoms with Crippen LogP contribution in [0.15, 0.2) is 53.5 Å². The van der Waals surface area contributed by atoms with Crippen molar-refractivity contribution >= 4 is 57.9 Å². The Kier molecular flexibility index (Phi) is 15.9. The number of anilines is 3. The molecule has 0 radical (unpaired) electrons. The molecule has 3 N–H and O–H groups in total. The van der Waals surface area contributed by atoms with Crippen molar-refractivity contribution in [1.82, 2.24) is 35.0 Å². The van der Waals surface area contributed by atoms with Crippen molar-refractivity contribution in [2.24, 2.45) is 0 Å². The van der Waals surface area contributed by atoms with Crippen molar-refractivity contribution in [1.29, 1.82) is 0 Å². The summed E-state index contributed by atoms with van der Waals surface area (Å²) in [6, 6.07) is 12.7. The molecule has 2 aromatic carbocycles. The van der Waals surface area contributed by atoms with Crippen LogP contribution in [-0.2, 0) is 25.7 Å². The van der Waals surface area contributed by atoms with Gasteiger partial charge in [-0.3, -0.25) is 38.7 Å². The maximum Gasteiger partial charge on any atom is 0.255 e. The highest BCUT2D eigenvalue weighted by molar-refractivity contribution is 6.05. The normalized spacial score (nSPS) is 19.2. The highest BCUT2D eigenvalue weighted by atomic mass is 16.5. The van der Waals surface area contributed by atoms with Crippen molar-refractivity contribution in [3.8, 4) is 17.6 Å². The summed E-state index contributed by atoms with van der Waals surface area (Å²) in [4.78, 5) is 90.7. The van der Waals surface area contributed by atoms with E-state index in [0.29, 0.717) is 67.5 Å². The number of fused-ring (bicyclic) bond motifs is 2. The van der Waals surface area contributed by atoms with Crippen molar-refractivity contribution < 1.29 is 28.7 Å². The van der Waals surface area contributed by atoms with Crippen LogP contribution in [0.1, 0.15) is 143 Å². The van der Waals surface area contributed by atoms with Crippen LogP contribution in [0.4, 0.5) is 17.3 Å². The van der Waals surface area contributed by atoms with E-state index in [-0.39, 0.29) is 47.7 Å². The minimum atomic E-state index is -0.620.